The number of nitrogens with zero attached hydrogens (tertiary/aromatic N) is 2. The highest BCUT2D eigenvalue weighted by molar-refractivity contribution is 5.96. The molecule has 3 rings (SSSR count). The summed E-state index contributed by atoms with van der Waals surface area (Å²) in [6.45, 7) is 0.555. The minimum absolute atomic E-state index is 0.0127. The fourth-order valence-electron chi connectivity index (χ4n) is 3.41. The van der Waals surface area contributed by atoms with Gasteiger partial charge in [-0.25, -0.2) is 0 Å². The highest BCUT2D eigenvalue weighted by atomic mass is 16.6. The Morgan fingerprint density at radius 2 is 2.04 bits per heavy atom. The zero-order valence-corrected chi connectivity index (χ0v) is 14.5. The minimum Gasteiger partial charge on any atom is -0.481 e. The number of amides is 1. The SMILES string of the molecule is O=C(O)CCC1CCCCN1C(=O)c1ccc(NC2CC2)c([N+](=O)[O-])c1. The Hall–Kier alpha value is -2.64. The summed E-state index contributed by atoms with van der Waals surface area (Å²) in [7, 11) is 0. The first-order valence-electron chi connectivity index (χ1n) is 9.03. The van der Waals surface area contributed by atoms with Crippen molar-refractivity contribution in [2.75, 3.05) is 11.9 Å². The molecule has 1 saturated carbocycles. The van der Waals surface area contributed by atoms with Crippen molar-refractivity contribution >= 4 is 23.3 Å². The van der Waals surface area contributed by atoms with Crippen molar-refractivity contribution in [2.45, 2.75) is 57.0 Å². The zero-order valence-electron chi connectivity index (χ0n) is 14.5. The maximum atomic E-state index is 12.9. The standard InChI is InChI=1S/C18H23N3O5/c22-17(23)9-7-14-3-1-2-10-20(14)18(24)12-4-8-15(19-13-5-6-13)16(11-12)21(25)26/h4,8,11,13-14,19H,1-3,5-7,9-10H2,(H,22,23). The summed E-state index contributed by atoms with van der Waals surface area (Å²) in [4.78, 5) is 36.4. The van der Waals surface area contributed by atoms with E-state index in [1.807, 2.05) is 0 Å². The van der Waals surface area contributed by atoms with Gasteiger partial charge in [-0.2, -0.15) is 0 Å². The lowest BCUT2D eigenvalue weighted by molar-refractivity contribution is -0.384. The van der Waals surface area contributed by atoms with Crippen molar-refractivity contribution < 1.29 is 19.6 Å². The summed E-state index contributed by atoms with van der Waals surface area (Å²) in [6, 6.07) is 4.69. The molecule has 0 bridgehead atoms. The number of piperidine rings is 1. The van der Waals surface area contributed by atoms with Crippen molar-refractivity contribution in [2.24, 2.45) is 0 Å². The van der Waals surface area contributed by atoms with Crippen LogP contribution in [-0.4, -0.2) is 45.4 Å². The molecule has 0 spiro atoms. The second-order valence-electron chi connectivity index (χ2n) is 6.99. The van der Waals surface area contributed by atoms with E-state index in [-0.39, 0.29) is 35.7 Å². The molecule has 2 aliphatic rings. The number of hydrogen-bond donors (Lipinski definition) is 2. The molecule has 1 aromatic rings. The summed E-state index contributed by atoms with van der Waals surface area (Å²) in [5.74, 6) is -1.14. The summed E-state index contributed by atoms with van der Waals surface area (Å²) >= 11 is 0. The smallest absolute Gasteiger partial charge is 0.303 e. The molecule has 1 atom stereocenters. The number of hydrogen-bond acceptors (Lipinski definition) is 5. The number of benzene rings is 1. The van der Waals surface area contributed by atoms with E-state index < -0.39 is 10.9 Å². The second kappa shape index (κ2) is 7.72. The van der Waals surface area contributed by atoms with Crippen LogP contribution in [0.4, 0.5) is 11.4 Å². The highest BCUT2D eigenvalue weighted by Crippen LogP contribution is 2.32. The van der Waals surface area contributed by atoms with Crippen LogP contribution in [0.3, 0.4) is 0 Å². The number of carboxylic acids is 1. The van der Waals surface area contributed by atoms with Crippen molar-refractivity contribution in [1.82, 2.24) is 4.90 Å². The number of rotatable bonds is 7. The van der Waals surface area contributed by atoms with Gasteiger partial charge in [0, 0.05) is 36.7 Å². The number of likely N-dealkylation sites (tertiary alicyclic amines) is 1. The number of carbonyl (C=O) groups excluding carboxylic acids is 1. The van der Waals surface area contributed by atoms with Crippen LogP contribution in [0, 0.1) is 10.1 Å². The van der Waals surface area contributed by atoms with Crippen LogP contribution in [0.1, 0.15) is 55.3 Å². The summed E-state index contributed by atoms with van der Waals surface area (Å²) in [5.41, 5.74) is 0.622. The fraction of sp³-hybridized carbons (Fsp3) is 0.556. The van der Waals surface area contributed by atoms with Gasteiger partial charge in [-0.1, -0.05) is 0 Å². The maximum absolute atomic E-state index is 12.9. The van der Waals surface area contributed by atoms with Crippen LogP contribution in [-0.2, 0) is 4.79 Å². The van der Waals surface area contributed by atoms with Gasteiger partial charge < -0.3 is 15.3 Å². The Balaban J connectivity index is 1.79. The molecule has 1 saturated heterocycles. The Bertz CT molecular complexity index is 717. The van der Waals surface area contributed by atoms with Gasteiger partial charge in [-0.05, 0) is 50.7 Å². The number of anilines is 1. The molecule has 1 aromatic carbocycles. The van der Waals surface area contributed by atoms with Crippen LogP contribution in [0.15, 0.2) is 18.2 Å². The molecule has 1 aliphatic carbocycles. The molecule has 140 valence electrons. The Kier molecular flexibility index (Phi) is 5.39. The second-order valence-corrected chi connectivity index (χ2v) is 6.99. The van der Waals surface area contributed by atoms with E-state index in [0.29, 0.717) is 18.7 Å². The number of carboxylic acid groups (broad SMARTS) is 1. The van der Waals surface area contributed by atoms with E-state index in [0.717, 1.165) is 32.1 Å². The molecule has 8 heteroatoms. The highest BCUT2D eigenvalue weighted by Gasteiger charge is 2.30. The lowest BCUT2D eigenvalue weighted by Crippen LogP contribution is -2.44. The number of aliphatic carboxylic acids is 1. The van der Waals surface area contributed by atoms with Gasteiger partial charge in [-0.15, -0.1) is 0 Å². The molecule has 2 fully saturated rings. The monoisotopic (exact) mass is 361 g/mol. The first kappa shape index (κ1) is 18.2. The summed E-state index contributed by atoms with van der Waals surface area (Å²) in [5, 5.41) is 23.4. The molecule has 2 N–H and O–H groups in total. The molecule has 1 unspecified atom stereocenters. The van der Waals surface area contributed by atoms with Crippen LogP contribution < -0.4 is 5.32 Å². The van der Waals surface area contributed by atoms with Crippen LogP contribution in [0.25, 0.3) is 0 Å². The molecule has 0 aromatic heterocycles. The number of nitrogens with one attached hydrogen (secondary N) is 1. The zero-order chi connectivity index (χ0) is 18.7. The molecule has 8 nitrogen and oxygen atoms in total. The number of nitro benzene ring substituents is 1. The topological polar surface area (TPSA) is 113 Å². The lowest BCUT2D eigenvalue weighted by atomic mass is 9.96. The quantitative estimate of drug-likeness (QED) is 0.570. The summed E-state index contributed by atoms with van der Waals surface area (Å²) < 4.78 is 0. The molecule has 1 aliphatic heterocycles. The van der Waals surface area contributed by atoms with Gasteiger partial charge in [-0.3, -0.25) is 19.7 Å². The van der Waals surface area contributed by atoms with E-state index in [9.17, 15) is 19.7 Å². The Morgan fingerprint density at radius 1 is 1.27 bits per heavy atom. The predicted molar refractivity (Wildman–Crippen MR) is 95.3 cm³/mol. The third-order valence-corrected chi connectivity index (χ3v) is 4.96. The van der Waals surface area contributed by atoms with Gasteiger partial charge in [0.1, 0.15) is 5.69 Å². The molecular formula is C18H23N3O5. The van der Waals surface area contributed by atoms with Gasteiger partial charge in [0.2, 0.25) is 0 Å². The number of carbonyl (C=O) groups is 2. The van der Waals surface area contributed by atoms with Gasteiger partial charge in [0.15, 0.2) is 0 Å². The van der Waals surface area contributed by atoms with Gasteiger partial charge in [0.05, 0.1) is 4.92 Å². The van der Waals surface area contributed by atoms with Crippen molar-refractivity contribution in [3.05, 3.63) is 33.9 Å². The normalized spacial score (nSPS) is 19.8. The fourth-order valence-corrected chi connectivity index (χ4v) is 3.41. The van der Waals surface area contributed by atoms with E-state index in [1.165, 1.54) is 6.07 Å². The van der Waals surface area contributed by atoms with Crippen LogP contribution >= 0.6 is 0 Å². The van der Waals surface area contributed by atoms with Crippen molar-refractivity contribution in [3.63, 3.8) is 0 Å². The lowest BCUT2D eigenvalue weighted by Gasteiger charge is -2.35. The van der Waals surface area contributed by atoms with E-state index in [4.69, 9.17) is 5.11 Å². The average Bonchev–Trinajstić information content (AvgIpc) is 3.43. The third kappa shape index (κ3) is 4.30. The first-order valence-corrected chi connectivity index (χ1v) is 9.03. The van der Waals surface area contributed by atoms with Crippen LogP contribution in [0.2, 0.25) is 0 Å². The maximum Gasteiger partial charge on any atom is 0.303 e. The van der Waals surface area contributed by atoms with Crippen molar-refractivity contribution in [3.8, 4) is 0 Å². The predicted octanol–water partition coefficient (Wildman–Crippen LogP) is 3.03. The third-order valence-electron chi connectivity index (χ3n) is 4.96. The molecule has 0 radical (unpaired) electrons. The average molecular weight is 361 g/mol. The molecule has 26 heavy (non-hydrogen) atoms. The Labute approximate surface area is 151 Å². The minimum atomic E-state index is -0.880. The summed E-state index contributed by atoms with van der Waals surface area (Å²) in [6.07, 6.45) is 5.00. The molecule has 1 heterocycles. The van der Waals surface area contributed by atoms with Gasteiger partial charge in [0.25, 0.3) is 11.6 Å². The number of nitro groups is 1. The van der Waals surface area contributed by atoms with E-state index in [1.54, 1.807) is 17.0 Å². The van der Waals surface area contributed by atoms with Crippen LogP contribution in [0.5, 0.6) is 0 Å². The molecular weight excluding hydrogens is 338 g/mol. The van der Waals surface area contributed by atoms with Gasteiger partial charge >= 0.3 is 5.97 Å². The molecule has 1 amide bonds. The van der Waals surface area contributed by atoms with Crippen molar-refractivity contribution in [1.29, 1.82) is 0 Å². The Morgan fingerprint density at radius 3 is 2.69 bits per heavy atom. The van der Waals surface area contributed by atoms with E-state index in [2.05, 4.69) is 5.32 Å². The first-order chi connectivity index (χ1) is 12.5. The van der Waals surface area contributed by atoms with E-state index >= 15 is 0 Å². The largest absolute Gasteiger partial charge is 0.481 e.